The zero-order chi connectivity index (χ0) is 11.3. The summed E-state index contributed by atoms with van der Waals surface area (Å²) in [7, 11) is 1.25. The fourth-order valence-corrected chi connectivity index (χ4v) is 1.01. The highest BCUT2D eigenvalue weighted by Gasteiger charge is 2.03. The molecule has 80 valence electrons. The Kier molecular flexibility index (Phi) is 3.68. The Morgan fingerprint density at radius 2 is 2.13 bits per heavy atom. The van der Waals surface area contributed by atoms with E-state index in [0.717, 1.165) is 0 Å². The number of phenols is 1. The van der Waals surface area contributed by atoms with Crippen LogP contribution in [-0.4, -0.2) is 24.0 Å². The van der Waals surface area contributed by atoms with Gasteiger partial charge in [0, 0.05) is 5.56 Å². The molecule has 0 radical (unpaired) electrons. The second-order valence-electron chi connectivity index (χ2n) is 2.82. The number of carbonyl (C=O) groups excluding carboxylic acids is 1. The second kappa shape index (κ2) is 4.99. The van der Waals surface area contributed by atoms with Crippen molar-refractivity contribution >= 4 is 11.8 Å². The van der Waals surface area contributed by atoms with E-state index in [0.29, 0.717) is 11.3 Å². The molecule has 0 aromatic heterocycles. The summed E-state index contributed by atoms with van der Waals surface area (Å²) >= 11 is 0. The molecule has 0 saturated carbocycles. The van der Waals surface area contributed by atoms with Gasteiger partial charge in [-0.25, -0.2) is 10.2 Å². The van der Waals surface area contributed by atoms with E-state index in [1.165, 1.54) is 7.11 Å². The number of carbonyl (C=O) groups is 1. The fraction of sp³-hybridized carbons (Fsp3) is 0.200. The molecule has 0 aliphatic heterocycles. The maximum absolute atomic E-state index is 10.7. The molecule has 1 aromatic rings. The highest BCUT2D eigenvalue weighted by Crippen LogP contribution is 2.15. The van der Waals surface area contributed by atoms with Crippen LogP contribution in [0.15, 0.2) is 29.4 Å². The van der Waals surface area contributed by atoms with Gasteiger partial charge in [0.15, 0.2) is 0 Å². The highest BCUT2D eigenvalue weighted by molar-refractivity contribution is 6.01. The molecule has 0 fully saturated rings. The number of phenolic OH excluding ortho intramolecular Hbond substituents is 1. The van der Waals surface area contributed by atoms with E-state index in [1.54, 1.807) is 31.2 Å². The maximum Gasteiger partial charge on any atom is 0.427 e. The van der Waals surface area contributed by atoms with E-state index in [9.17, 15) is 9.90 Å². The van der Waals surface area contributed by atoms with Crippen LogP contribution < -0.4 is 5.43 Å². The van der Waals surface area contributed by atoms with E-state index in [-0.39, 0.29) is 5.75 Å². The van der Waals surface area contributed by atoms with E-state index < -0.39 is 6.09 Å². The van der Waals surface area contributed by atoms with E-state index >= 15 is 0 Å². The van der Waals surface area contributed by atoms with Gasteiger partial charge >= 0.3 is 6.09 Å². The number of methoxy groups -OCH3 is 1. The average molecular weight is 208 g/mol. The van der Waals surface area contributed by atoms with Crippen LogP contribution in [0.4, 0.5) is 4.79 Å². The number of rotatable bonds is 2. The number of hydrazone groups is 1. The number of nitrogens with one attached hydrogen (secondary N) is 1. The average Bonchev–Trinajstić information content (AvgIpc) is 2.26. The van der Waals surface area contributed by atoms with Crippen LogP contribution in [0.25, 0.3) is 0 Å². The van der Waals surface area contributed by atoms with Crippen molar-refractivity contribution in [1.82, 2.24) is 5.43 Å². The Morgan fingerprint density at radius 3 is 2.73 bits per heavy atom. The quantitative estimate of drug-likeness (QED) is 0.571. The van der Waals surface area contributed by atoms with E-state index in [2.05, 4.69) is 15.3 Å². The monoisotopic (exact) mass is 208 g/mol. The van der Waals surface area contributed by atoms with Gasteiger partial charge in [-0.2, -0.15) is 5.10 Å². The lowest BCUT2D eigenvalue weighted by molar-refractivity contribution is 0.171. The summed E-state index contributed by atoms with van der Waals surface area (Å²) < 4.78 is 4.35. The largest absolute Gasteiger partial charge is 0.507 e. The predicted molar refractivity (Wildman–Crippen MR) is 55.9 cm³/mol. The summed E-state index contributed by atoms with van der Waals surface area (Å²) in [5, 5.41) is 13.2. The molecule has 0 aliphatic rings. The Morgan fingerprint density at radius 1 is 1.47 bits per heavy atom. The van der Waals surface area contributed by atoms with Crippen LogP contribution in [0.5, 0.6) is 5.75 Å². The minimum Gasteiger partial charge on any atom is -0.507 e. The van der Waals surface area contributed by atoms with Gasteiger partial charge < -0.3 is 9.84 Å². The summed E-state index contributed by atoms with van der Waals surface area (Å²) in [6.45, 7) is 1.67. The molecule has 5 nitrogen and oxygen atoms in total. The van der Waals surface area contributed by atoms with Crippen molar-refractivity contribution in [2.75, 3.05) is 7.11 Å². The first-order chi connectivity index (χ1) is 7.15. The smallest absolute Gasteiger partial charge is 0.427 e. The molecule has 0 heterocycles. The Hall–Kier alpha value is -2.04. The summed E-state index contributed by atoms with van der Waals surface area (Å²) in [5.74, 6) is 0.116. The van der Waals surface area contributed by atoms with Gasteiger partial charge in [-0.1, -0.05) is 12.1 Å². The first-order valence-corrected chi connectivity index (χ1v) is 4.31. The molecule has 0 spiro atoms. The molecule has 0 unspecified atom stereocenters. The number of benzene rings is 1. The lowest BCUT2D eigenvalue weighted by Crippen LogP contribution is -2.18. The standard InChI is InChI=1S/C10H12N2O3/c1-7(11-12-10(14)15-2)8-5-3-4-6-9(8)13/h3-6,13H,1-2H3,(H,12,14). The molecule has 0 aliphatic carbocycles. The summed E-state index contributed by atoms with van der Waals surface area (Å²) in [4.78, 5) is 10.7. The summed E-state index contributed by atoms with van der Waals surface area (Å²) in [5.41, 5.74) is 3.24. The number of amides is 1. The SMILES string of the molecule is COC(=O)NN=C(C)c1ccccc1O. The summed E-state index contributed by atoms with van der Waals surface area (Å²) in [6.07, 6.45) is -0.648. The lowest BCUT2D eigenvalue weighted by Gasteiger charge is -2.03. The van der Waals surface area contributed by atoms with Crippen LogP contribution in [0.3, 0.4) is 0 Å². The number of ether oxygens (including phenoxy) is 1. The van der Waals surface area contributed by atoms with Crippen LogP contribution in [0, 0.1) is 0 Å². The fourth-order valence-electron chi connectivity index (χ4n) is 1.01. The van der Waals surface area contributed by atoms with Crippen LogP contribution >= 0.6 is 0 Å². The minimum atomic E-state index is -0.648. The number of hydrogen-bond acceptors (Lipinski definition) is 4. The molecule has 0 bridgehead atoms. The number of para-hydroxylation sites is 1. The van der Waals surface area contributed by atoms with Crippen LogP contribution in [-0.2, 0) is 4.74 Å². The van der Waals surface area contributed by atoms with E-state index in [4.69, 9.17) is 0 Å². The maximum atomic E-state index is 10.7. The van der Waals surface area contributed by atoms with Gasteiger partial charge in [0.25, 0.3) is 0 Å². The first-order valence-electron chi connectivity index (χ1n) is 4.31. The number of hydrogen-bond donors (Lipinski definition) is 2. The van der Waals surface area contributed by atoms with Crippen molar-refractivity contribution in [2.24, 2.45) is 5.10 Å². The highest BCUT2D eigenvalue weighted by atomic mass is 16.5. The van der Waals surface area contributed by atoms with Gasteiger partial charge in [-0.05, 0) is 19.1 Å². The van der Waals surface area contributed by atoms with Crippen molar-refractivity contribution in [1.29, 1.82) is 0 Å². The van der Waals surface area contributed by atoms with Crippen molar-refractivity contribution in [3.05, 3.63) is 29.8 Å². The Balaban J connectivity index is 2.80. The topological polar surface area (TPSA) is 70.9 Å². The molecule has 1 amide bonds. The molecule has 15 heavy (non-hydrogen) atoms. The Bertz CT molecular complexity index is 388. The third-order valence-corrected chi connectivity index (χ3v) is 1.79. The molecular weight excluding hydrogens is 196 g/mol. The molecule has 1 rings (SSSR count). The van der Waals surface area contributed by atoms with Crippen LogP contribution in [0.1, 0.15) is 12.5 Å². The molecule has 1 aromatic carbocycles. The van der Waals surface area contributed by atoms with Gasteiger partial charge in [-0.15, -0.1) is 0 Å². The van der Waals surface area contributed by atoms with Crippen molar-refractivity contribution in [3.63, 3.8) is 0 Å². The molecule has 0 atom stereocenters. The lowest BCUT2D eigenvalue weighted by atomic mass is 10.1. The normalized spacial score (nSPS) is 10.9. The molecule has 5 heteroatoms. The number of nitrogens with zero attached hydrogens (tertiary/aromatic N) is 1. The summed E-state index contributed by atoms with van der Waals surface area (Å²) in [6, 6.07) is 6.73. The molecular formula is C10H12N2O3. The minimum absolute atomic E-state index is 0.116. The van der Waals surface area contributed by atoms with Crippen LogP contribution in [0.2, 0.25) is 0 Å². The first kappa shape index (κ1) is 11.0. The van der Waals surface area contributed by atoms with Crippen molar-refractivity contribution in [2.45, 2.75) is 6.92 Å². The predicted octanol–water partition coefficient (Wildman–Crippen LogP) is 1.47. The third-order valence-electron chi connectivity index (χ3n) is 1.79. The van der Waals surface area contributed by atoms with Gasteiger partial charge in [0.2, 0.25) is 0 Å². The van der Waals surface area contributed by atoms with Gasteiger partial charge in [0.05, 0.1) is 12.8 Å². The molecule has 2 N–H and O–H groups in total. The number of aromatic hydroxyl groups is 1. The zero-order valence-corrected chi connectivity index (χ0v) is 8.52. The van der Waals surface area contributed by atoms with Gasteiger partial charge in [-0.3, -0.25) is 0 Å². The van der Waals surface area contributed by atoms with Gasteiger partial charge in [0.1, 0.15) is 5.75 Å². The van der Waals surface area contributed by atoms with E-state index in [1.807, 2.05) is 0 Å². The molecule has 0 saturated heterocycles. The van der Waals surface area contributed by atoms with Crippen molar-refractivity contribution in [3.8, 4) is 5.75 Å². The Labute approximate surface area is 87.4 Å². The third kappa shape index (κ3) is 2.98. The van der Waals surface area contributed by atoms with Crippen molar-refractivity contribution < 1.29 is 14.6 Å². The zero-order valence-electron chi connectivity index (χ0n) is 8.52. The second-order valence-corrected chi connectivity index (χ2v) is 2.82.